The van der Waals surface area contributed by atoms with Crippen molar-refractivity contribution in [1.29, 1.82) is 0 Å². The van der Waals surface area contributed by atoms with E-state index in [9.17, 15) is 0 Å². The first-order valence-corrected chi connectivity index (χ1v) is 51.6. The smallest absolute Gasteiger partial charge is 0.0620 e. The minimum atomic E-state index is 1.15. The molecule has 0 spiro atoms. The van der Waals surface area contributed by atoms with E-state index in [1.54, 1.807) is 0 Å². The van der Waals surface area contributed by atoms with Gasteiger partial charge in [0, 0.05) is 132 Å². The highest BCUT2D eigenvalue weighted by Crippen LogP contribution is 2.50. The molecule has 702 valence electrons. The number of hydrogen-bond donors (Lipinski definition) is 0. The molecule has 0 radical (unpaired) electrons. The van der Waals surface area contributed by atoms with Crippen LogP contribution < -0.4 is 0 Å². The van der Waals surface area contributed by atoms with Crippen LogP contribution in [0.2, 0.25) is 0 Å². The number of rotatable bonds is 15. The molecule has 0 fully saturated rings. The lowest BCUT2D eigenvalue weighted by atomic mass is 9.99. The Morgan fingerprint density at radius 1 is 0.0867 bits per heavy atom. The maximum atomic E-state index is 2.47. The Hall–Kier alpha value is -19.9. The first kappa shape index (κ1) is 87.8. The summed E-state index contributed by atoms with van der Waals surface area (Å²) in [5, 5.41) is 15.0. The molecule has 150 heavy (non-hydrogen) atoms. The molecule has 0 saturated heterocycles. The molecule has 0 bridgehead atoms. The van der Waals surface area contributed by atoms with Gasteiger partial charge >= 0.3 is 0 Å². The predicted octanol–water partition coefficient (Wildman–Crippen LogP) is 38.6. The van der Waals surface area contributed by atoms with Crippen molar-refractivity contribution >= 4 is 131 Å². The lowest BCUT2D eigenvalue weighted by Gasteiger charge is -2.16. The van der Waals surface area contributed by atoms with Crippen molar-refractivity contribution in [2.75, 3.05) is 0 Å². The Labute approximate surface area is 868 Å². The zero-order valence-electron chi connectivity index (χ0n) is 82.1. The van der Waals surface area contributed by atoms with E-state index in [1.807, 2.05) is 0 Å². The largest absolute Gasteiger partial charge is 0.309 e. The van der Waals surface area contributed by atoms with E-state index in [1.165, 1.54) is 231 Å². The van der Waals surface area contributed by atoms with Gasteiger partial charge in [0.25, 0.3) is 0 Å². The van der Waals surface area contributed by atoms with E-state index in [0.717, 1.165) is 34.1 Å². The Morgan fingerprint density at radius 2 is 0.227 bits per heavy atom. The van der Waals surface area contributed by atoms with Gasteiger partial charge < -0.3 is 27.4 Å². The van der Waals surface area contributed by atoms with Gasteiger partial charge in [0.05, 0.1) is 66.2 Å². The van der Waals surface area contributed by atoms with Crippen LogP contribution in [-0.4, -0.2) is 27.4 Å². The van der Waals surface area contributed by atoms with Crippen molar-refractivity contribution in [3.05, 3.63) is 582 Å². The molecule has 6 heteroatoms. The van der Waals surface area contributed by atoms with Crippen molar-refractivity contribution in [2.24, 2.45) is 0 Å². The Balaban J connectivity index is 0.000000108. The van der Waals surface area contributed by atoms with Crippen molar-refractivity contribution in [3.63, 3.8) is 0 Å². The summed E-state index contributed by atoms with van der Waals surface area (Å²) >= 11 is 0. The maximum Gasteiger partial charge on any atom is 0.0620 e. The minimum Gasteiger partial charge on any atom is -0.309 e. The van der Waals surface area contributed by atoms with E-state index in [0.29, 0.717) is 0 Å². The Bertz CT molecular complexity index is 10000. The summed E-state index contributed by atoms with van der Waals surface area (Å²) in [4.78, 5) is 0. The second kappa shape index (κ2) is 37.4. The highest BCUT2D eigenvalue weighted by atomic mass is 15.0. The number of benzene rings is 24. The first-order valence-electron chi connectivity index (χ1n) is 51.6. The van der Waals surface area contributed by atoms with Gasteiger partial charge in [-0.05, 0) is 176 Å². The average Bonchev–Trinajstić information content (AvgIpc) is 1.56. The van der Waals surface area contributed by atoms with Crippen LogP contribution in [0.1, 0.15) is 0 Å². The number of hydrogen-bond acceptors (Lipinski definition) is 0. The summed E-state index contributed by atoms with van der Waals surface area (Å²) in [5.41, 5.74) is 43.1. The van der Waals surface area contributed by atoms with E-state index in [-0.39, 0.29) is 0 Å². The first-order chi connectivity index (χ1) is 74.5. The third kappa shape index (κ3) is 15.1. The van der Waals surface area contributed by atoms with Gasteiger partial charge in [-0.2, -0.15) is 0 Å². The van der Waals surface area contributed by atoms with Crippen LogP contribution in [0, 0.1) is 0 Å². The van der Waals surface area contributed by atoms with Gasteiger partial charge in [-0.25, -0.2) is 0 Å². The number of nitrogens with zero attached hydrogens (tertiary/aromatic N) is 6. The third-order valence-corrected chi connectivity index (χ3v) is 30.4. The molecule has 6 aromatic heterocycles. The lowest BCUT2D eigenvalue weighted by Crippen LogP contribution is -1.98. The van der Waals surface area contributed by atoms with Crippen LogP contribution in [0.3, 0.4) is 0 Å². The van der Waals surface area contributed by atoms with Gasteiger partial charge in [0.15, 0.2) is 0 Å². The molecule has 6 nitrogen and oxygen atoms in total. The topological polar surface area (TPSA) is 29.6 Å². The zero-order chi connectivity index (χ0) is 99.1. The molecule has 0 amide bonds. The summed E-state index contributed by atoms with van der Waals surface area (Å²) in [5.74, 6) is 0. The average molecular weight is 1910 g/mol. The molecule has 0 atom stereocenters. The van der Waals surface area contributed by atoms with Gasteiger partial charge in [0.2, 0.25) is 0 Å². The van der Waals surface area contributed by atoms with Crippen LogP contribution in [0.15, 0.2) is 582 Å². The van der Waals surface area contributed by atoms with Gasteiger partial charge in [-0.1, -0.05) is 473 Å². The molecule has 6 heterocycles. The van der Waals surface area contributed by atoms with Crippen LogP contribution >= 0.6 is 0 Å². The van der Waals surface area contributed by atoms with Crippen molar-refractivity contribution in [1.82, 2.24) is 27.4 Å². The SMILES string of the molecule is c1ccc(-c2ccc(-n3c4ccccc4c4cccc(-c5cccc6c7ccccc7n(-c7ccc(-c8ccccc8)cc7)c56)c43)cc2)cc1.c1ccc(-c2ccc(-n3c4ccccc4c4cccc(-c5cccc6c7ccccc7n(-c7cccc(-c8ccccc8)c7)c56)c43)cc2)cc1.c1ccc(-c2cccc(-n3c4ccccc4c4cccc(-c5cccc6c7ccccc7n(-c7cccc(-c8ccccc8)c7)c56)c43)c2)cc1. The van der Waals surface area contributed by atoms with E-state index in [4.69, 9.17) is 0 Å². The molecule has 30 rings (SSSR count). The van der Waals surface area contributed by atoms with Crippen LogP contribution in [0.25, 0.3) is 265 Å². The van der Waals surface area contributed by atoms with Gasteiger partial charge in [-0.15, -0.1) is 0 Å². The standard InChI is InChI=1S/3C48H32N2/c1-3-15-33(16-4-1)35-19-11-21-37(31-35)49-45-29-9-7-23-39(45)41-25-13-27-43(47(41)49)44-28-14-26-42-40-24-8-10-30-46(40)50(48(42)44)38-22-12-20-36(32-38)34-17-5-2-6-18-34;1-3-14-33(15-4-1)35-28-30-37(31-29-35)49-45-26-9-7-20-39(45)41-22-12-24-43(47(41)49)44-25-13-23-42-40-21-8-10-27-46(40)50(48(42)44)38-19-11-18-36(32-38)34-16-5-2-6-17-34;1-3-13-33(14-4-1)35-25-29-37(30-26-35)49-45-23-9-7-17-39(45)41-19-11-21-43(47(41)49)44-22-12-20-42-40-18-8-10-24-46(40)50(48(42)44)38-31-27-36(28-32-38)34-15-5-2-6-16-34/h3*1-32H. The van der Waals surface area contributed by atoms with Crippen molar-refractivity contribution in [2.45, 2.75) is 0 Å². The molecule has 0 aliphatic carbocycles. The molecular formula is C144H96N6. The van der Waals surface area contributed by atoms with Crippen molar-refractivity contribution in [3.8, 4) is 134 Å². The fourth-order valence-corrected chi connectivity index (χ4v) is 23.7. The molecule has 0 aliphatic heterocycles. The highest BCUT2D eigenvalue weighted by Gasteiger charge is 2.28. The van der Waals surface area contributed by atoms with Crippen LogP contribution in [-0.2, 0) is 0 Å². The zero-order valence-corrected chi connectivity index (χ0v) is 82.1. The molecule has 24 aromatic carbocycles. The maximum absolute atomic E-state index is 2.47. The number of fused-ring (bicyclic) bond motifs is 18. The second-order valence-corrected chi connectivity index (χ2v) is 38.8. The number of para-hydroxylation sites is 12. The van der Waals surface area contributed by atoms with E-state index in [2.05, 4.69) is 610 Å². The fourth-order valence-electron chi connectivity index (χ4n) is 23.7. The summed E-state index contributed by atoms with van der Waals surface area (Å²) in [7, 11) is 0. The predicted molar refractivity (Wildman–Crippen MR) is 634 cm³/mol. The second-order valence-electron chi connectivity index (χ2n) is 38.8. The summed E-state index contributed by atoms with van der Waals surface area (Å²) in [6.07, 6.45) is 0. The Kier molecular flexibility index (Phi) is 21.9. The van der Waals surface area contributed by atoms with Gasteiger partial charge in [-0.3, -0.25) is 0 Å². The molecule has 0 saturated carbocycles. The Morgan fingerprint density at radius 3 is 0.420 bits per heavy atom. The monoisotopic (exact) mass is 1910 g/mol. The minimum absolute atomic E-state index is 1.15. The molecule has 0 unspecified atom stereocenters. The number of aromatic nitrogens is 6. The van der Waals surface area contributed by atoms with Gasteiger partial charge in [0.1, 0.15) is 0 Å². The summed E-state index contributed by atoms with van der Waals surface area (Å²) in [6.45, 7) is 0. The quantitative estimate of drug-likeness (QED) is 0.0979. The summed E-state index contributed by atoms with van der Waals surface area (Å²) < 4.78 is 14.8. The fraction of sp³-hybridized carbons (Fsp3) is 0. The normalized spacial score (nSPS) is 11.6. The molecule has 0 N–H and O–H groups in total. The van der Waals surface area contributed by atoms with Crippen LogP contribution in [0.5, 0.6) is 0 Å². The van der Waals surface area contributed by atoms with Crippen molar-refractivity contribution < 1.29 is 0 Å². The molecule has 30 aromatic rings. The molecular weight excluding hydrogens is 1810 g/mol. The van der Waals surface area contributed by atoms with E-state index >= 15 is 0 Å². The molecule has 0 aliphatic rings. The van der Waals surface area contributed by atoms with E-state index < -0.39 is 0 Å². The lowest BCUT2D eigenvalue weighted by molar-refractivity contribution is 1.17. The highest BCUT2D eigenvalue weighted by molar-refractivity contribution is 6.23. The third-order valence-electron chi connectivity index (χ3n) is 30.4. The summed E-state index contributed by atoms with van der Waals surface area (Å²) in [6, 6.07) is 211. The van der Waals surface area contributed by atoms with Crippen LogP contribution in [0.4, 0.5) is 0 Å².